The predicted octanol–water partition coefficient (Wildman–Crippen LogP) is 3.36. The summed E-state index contributed by atoms with van der Waals surface area (Å²) >= 11 is 0. The first-order valence-electron chi connectivity index (χ1n) is 9.74. The second-order valence-corrected chi connectivity index (χ2v) is 8.95. The van der Waals surface area contributed by atoms with Gasteiger partial charge in [0.05, 0.1) is 36.3 Å². The average molecular weight is 427 g/mol. The molecule has 0 fully saturated rings. The van der Waals surface area contributed by atoms with Crippen molar-refractivity contribution in [1.82, 2.24) is 15.1 Å². The van der Waals surface area contributed by atoms with Crippen molar-refractivity contribution in [3.05, 3.63) is 83.2 Å². The van der Waals surface area contributed by atoms with E-state index in [4.69, 9.17) is 0 Å². The fraction of sp³-hybridized carbons (Fsp3) is 0.273. The number of hydrogen-bond acceptors (Lipinski definition) is 4. The van der Waals surface area contributed by atoms with Crippen molar-refractivity contribution in [1.29, 1.82) is 0 Å². The van der Waals surface area contributed by atoms with Gasteiger partial charge in [0.1, 0.15) is 0 Å². The molecule has 1 heterocycles. The van der Waals surface area contributed by atoms with Gasteiger partial charge < -0.3 is 5.32 Å². The molecule has 0 aliphatic carbocycles. The van der Waals surface area contributed by atoms with Crippen molar-refractivity contribution in [3.8, 4) is 0 Å². The number of benzene rings is 2. The fourth-order valence-corrected chi connectivity index (χ4v) is 3.86. The summed E-state index contributed by atoms with van der Waals surface area (Å²) in [6.45, 7) is 4.46. The van der Waals surface area contributed by atoms with Crippen LogP contribution in [0.5, 0.6) is 0 Å². The molecule has 0 saturated heterocycles. The van der Waals surface area contributed by atoms with Crippen LogP contribution >= 0.6 is 0 Å². The minimum atomic E-state index is -3.37. The van der Waals surface area contributed by atoms with E-state index >= 15 is 0 Å². The second kappa shape index (κ2) is 9.13. The van der Waals surface area contributed by atoms with Gasteiger partial charge in [0.15, 0.2) is 0 Å². The van der Waals surface area contributed by atoms with Gasteiger partial charge in [0, 0.05) is 5.69 Å². The van der Waals surface area contributed by atoms with E-state index in [2.05, 4.69) is 15.1 Å². The summed E-state index contributed by atoms with van der Waals surface area (Å²) in [5.74, 6) is -0.208. The van der Waals surface area contributed by atoms with Crippen LogP contribution in [-0.4, -0.2) is 30.4 Å². The Morgan fingerprint density at radius 1 is 1.13 bits per heavy atom. The maximum Gasteiger partial charge on any atom is 0.255 e. The van der Waals surface area contributed by atoms with Gasteiger partial charge in [-0.2, -0.15) is 5.10 Å². The van der Waals surface area contributed by atoms with Crippen molar-refractivity contribution in [2.24, 2.45) is 0 Å². The summed E-state index contributed by atoms with van der Waals surface area (Å²) in [4.78, 5) is 12.9. The first-order valence-corrected chi connectivity index (χ1v) is 11.6. The SMILES string of the molecule is CCc1c(C(=O)NC(C)c2cccc(NS(C)(=O)=O)c2)cnn1Cc1ccccc1. The van der Waals surface area contributed by atoms with Crippen LogP contribution in [0.15, 0.2) is 60.8 Å². The number of anilines is 1. The van der Waals surface area contributed by atoms with Crippen LogP contribution in [0.4, 0.5) is 5.69 Å². The van der Waals surface area contributed by atoms with Crippen molar-refractivity contribution in [2.45, 2.75) is 32.9 Å². The summed E-state index contributed by atoms with van der Waals surface area (Å²) in [7, 11) is -3.37. The lowest BCUT2D eigenvalue weighted by atomic mass is 10.1. The van der Waals surface area contributed by atoms with E-state index in [0.717, 1.165) is 23.1 Å². The van der Waals surface area contributed by atoms with E-state index in [9.17, 15) is 13.2 Å². The lowest BCUT2D eigenvalue weighted by molar-refractivity contribution is 0.0938. The first kappa shape index (κ1) is 21.6. The van der Waals surface area contributed by atoms with E-state index in [1.165, 1.54) is 0 Å². The predicted molar refractivity (Wildman–Crippen MR) is 118 cm³/mol. The van der Waals surface area contributed by atoms with E-state index in [-0.39, 0.29) is 11.9 Å². The number of amides is 1. The molecule has 1 atom stereocenters. The number of nitrogens with one attached hydrogen (secondary N) is 2. The first-order chi connectivity index (χ1) is 14.3. The number of aromatic nitrogens is 2. The molecule has 1 aromatic heterocycles. The number of nitrogens with zero attached hydrogens (tertiary/aromatic N) is 2. The van der Waals surface area contributed by atoms with Crippen LogP contribution in [0, 0.1) is 0 Å². The molecule has 8 heteroatoms. The van der Waals surface area contributed by atoms with Gasteiger partial charge in [-0.05, 0) is 36.6 Å². The quantitative estimate of drug-likeness (QED) is 0.578. The molecule has 3 aromatic rings. The summed E-state index contributed by atoms with van der Waals surface area (Å²) in [6.07, 6.45) is 3.38. The Morgan fingerprint density at radius 2 is 1.87 bits per heavy atom. The fourth-order valence-electron chi connectivity index (χ4n) is 3.31. The zero-order valence-corrected chi connectivity index (χ0v) is 18.1. The molecule has 1 unspecified atom stereocenters. The Labute approximate surface area is 177 Å². The highest BCUT2D eigenvalue weighted by atomic mass is 32.2. The van der Waals surface area contributed by atoms with Crippen LogP contribution in [0.3, 0.4) is 0 Å². The highest BCUT2D eigenvalue weighted by Gasteiger charge is 2.19. The third-order valence-electron chi connectivity index (χ3n) is 4.74. The van der Waals surface area contributed by atoms with Gasteiger partial charge in [-0.25, -0.2) is 8.42 Å². The summed E-state index contributed by atoms with van der Waals surface area (Å²) in [5, 5.41) is 7.40. The molecule has 2 aromatic carbocycles. The summed E-state index contributed by atoms with van der Waals surface area (Å²) in [6, 6.07) is 16.7. The van der Waals surface area contributed by atoms with Crippen molar-refractivity contribution < 1.29 is 13.2 Å². The number of rotatable bonds is 8. The highest BCUT2D eigenvalue weighted by molar-refractivity contribution is 7.92. The zero-order chi connectivity index (χ0) is 21.7. The molecule has 7 nitrogen and oxygen atoms in total. The van der Waals surface area contributed by atoms with E-state index in [0.29, 0.717) is 24.2 Å². The largest absolute Gasteiger partial charge is 0.345 e. The molecular weight excluding hydrogens is 400 g/mol. The Balaban J connectivity index is 1.75. The third-order valence-corrected chi connectivity index (χ3v) is 5.35. The van der Waals surface area contributed by atoms with Gasteiger partial charge in [0.2, 0.25) is 10.0 Å². The molecule has 3 rings (SSSR count). The maximum atomic E-state index is 12.9. The molecule has 0 aliphatic rings. The van der Waals surface area contributed by atoms with Crippen LogP contribution in [-0.2, 0) is 23.0 Å². The normalized spacial score (nSPS) is 12.4. The molecule has 1 amide bonds. The molecular formula is C22H26N4O3S. The Kier molecular flexibility index (Phi) is 6.56. The Bertz CT molecular complexity index is 1120. The van der Waals surface area contributed by atoms with Crippen LogP contribution in [0.1, 0.15) is 47.1 Å². The molecule has 30 heavy (non-hydrogen) atoms. The standard InChI is InChI=1S/C22H26N4O3S/c1-4-21-20(14-23-26(21)15-17-9-6-5-7-10-17)22(27)24-16(2)18-11-8-12-19(13-18)25-30(3,28)29/h5-14,16,25H,4,15H2,1-3H3,(H,24,27). The highest BCUT2D eigenvalue weighted by Crippen LogP contribution is 2.20. The van der Waals surface area contributed by atoms with Crippen molar-refractivity contribution in [2.75, 3.05) is 11.0 Å². The molecule has 0 bridgehead atoms. The monoisotopic (exact) mass is 426 g/mol. The Morgan fingerprint density at radius 3 is 2.53 bits per heavy atom. The van der Waals surface area contributed by atoms with E-state index in [1.54, 1.807) is 24.4 Å². The number of sulfonamides is 1. The topological polar surface area (TPSA) is 93.1 Å². The van der Waals surface area contributed by atoms with Gasteiger partial charge >= 0.3 is 0 Å². The van der Waals surface area contributed by atoms with Crippen molar-refractivity contribution in [3.63, 3.8) is 0 Å². The third kappa shape index (κ3) is 5.48. The Hall–Kier alpha value is -3.13. The molecule has 158 valence electrons. The van der Waals surface area contributed by atoms with Gasteiger partial charge in [-0.3, -0.25) is 14.2 Å². The van der Waals surface area contributed by atoms with Crippen LogP contribution in [0.2, 0.25) is 0 Å². The lowest BCUT2D eigenvalue weighted by Crippen LogP contribution is -2.27. The minimum absolute atomic E-state index is 0.208. The maximum absolute atomic E-state index is 12.9. The molecule has 0 aliphatic heterocycles. The number of hydrogen-bond donors (Lipinski definition) is 2. The van der Waals surface area contributed by atoms with Crippen molar-refractivity contribution >= 4 is 21.6 Å². The molecule has 0 spiro atoms. The smallest absolute Gasteiger partial charge is 0.255 e. The van der Waals surface area contributed by atoms with Crippen LogP contribution in [0.25, 0.3) is 0 Å². The van der Waals surface area contributed by atoms with Gasteiger partial charge in [0.25, 0.3) is 5.91 Å². The number of carbonyl (C=O) groups excluding carboxylic acids is 1. The minimum Gasteiger partial charge on any atom is -0.345 e. The summed E-state index contributed by atoms with van der Waals surface area (Å²) in [5.41, 5.74) is 3.79. The molecule has 0 saturated carbocycles. The van der Waals surface area contributed by atoms with Gasteiger partial charge in [-0.1, -0.05) is 49.4 Å². The zero-order valence-electron chi connectivity index (χ0n) is 17.3. The number of carbonyl (C=O) groups is 1. The van der Waals surface area contributed by atoms with Crippen LogP contribution < -0.4 is 10.0 Å². The average Bonchev–Trinajstić information content (AvgIpc) is 3.10. The summed E-state index contributed by atoms with van der Waals surface area (Å²) < 4.78 is 27.2. The van der Waals surface area contributed by atoms with E-state index in [1.807, 2.05) is 54.9 Å². The molecule has 2 N–H and O–H groups in total. The molecule has 0 radical (unpaired) electrons. The van der Waals surface area contributed by atoms with E-state index < -0.39 is 10.0 Å². The lowest BCUT2D eigenvalue weighted by Gasteiger charge is -2.16. The van der Waals surface area contributed by atoms with Gasteiger partial charge in [-0.15, -0.1) is 0 Å². The second-order valence-electron chi connectivity index (χ2n) is 7.20.